The number of esters is 1. The van der Waals surface area contributed by atoms with E-state index in [1.165, 1.54) is 25.1 Å². The molecule has 0 aliphatic heterocycles. The predicted molar refractivity (Wildman–Crippen MR) is 111 cm³/mol. The number of hydrogen-bond donors (Lipinski definition) is 1. The number of benzene rings is 2. The topological polar surface area (TPSA) is 77.4 Å². The van der Waals surface area contributed by atoms with Crippen molar-refractivity contribution in [2.75, 3.05) is 11.9 Å². The molecule has 0 aliphatic carbocycles. The lowest BCUT2D eigenvalue weighted by Crippen LogP contribution is -2.15. The van der Waals surface area contributed by atoms with Gasteiger partial charge in [-0.2, -0.15) is 0 Å². The zero-order chi connectivity index (χ0) is 21.8. The molecule has 1 heterocycles. The summed E-state index contributed by atoms with van der Waals surface area (Å²) >= 11 is 0. The fraction of sp³-hybridized carbons (Fsp3) is 0.174. The van der Waals surface area contributed by atoms with Crippen LogP contribution in [0.25, 0.3) is 5.69 Å². The van der Waals surface area contributed by atoms with Crippen LogP contribution in [0.15, 0.2) is 54.6 Å². The van der Waals surface area contributed by atoms with Crippen LogP contribution < -0.4 is 5.32 Å². The third kappa shape index (κ3) is 4.46. The minimum Gasteiger partial charge on any atom is -0.454 e. The molecule has 0 unspecified atom stereocenters. The number of nitrogens with one attached hydrogen (secondary N) is 1. The van der Waals surface area contributed by atoms with Crippen LogP contribution in [0.3, 0.4) is 0 Å². The van der Waals surface area contributed by atoms with E-state index in [2.05, 4.69) is 5.32 Å². The van der Waals surface area contributed by atoms with E-state index >= 15 is 0 Å². The molecule has 0 fully saturated rings. The van der Waals surface area contributed by atoms with Gasteiger partial charge in [-0.3, -0.25) is 9.59 Å². The second-order valence-electron chi connectivity index (χ2n) is 6.83. The lowest BCUT2D eigenvalue weighted by Gasteiger charge is -2.11. The molecule has 154 valence electrons. The van der Waals surface area contributed by atoms with Gasteiger partial charge in [-0.1, -0.05) is 12.1 Å². The van der Waals surface area contributed by atoms with Gasteiger partial charge in [-0.15, -0.1) is 0 Å². The zero-order valence-electron chi connectivity index (χ0n) is 16.9. The molecule has 0 atom stereocenters. The van der Waals surface area contributed by atoms with E-state index in [0.717, 1.165) is 0 Å². The van der Waals surface area contributed by atoms with E-state index in [0.29, 0.717) is 28.3 Å². The molecule has 1 aromatic heterocycles. The van der Waals surface area contributed by atoms with Crippen LogP contribution in [0.2, 0.25) is 0 Å². The molecule has 2 aromatic carbocycles. The third-order valence-electron chi connectivity index (χ3n) is 4.60. The maximum Gasteiger partial charge on any atom is 0.338 e. The van der Waals surface area contributed by atoms with Crippen molar-refractivity contribution < 1.29 is 23.5 Å². The number of aromatic nitrogens is 1. The van der Waals surface area contributed by atoms with Gasteiger partial charge in [-0.25, -0.2) is 9.18 Å². The zero-order valence-corrected chi connectivity index (χ0v) is 16.9. The highest BCUT2D eigenvalue weighted by Gasteiger charge is 2.20. The first kappa shape index (κ1) is 21.0. The number of aryl methyl sites for hydroxylation is 1. The minimum absolute atomic E-state index is 0.219. The van der Waals surface area contributed by atoms with E-state index in [9.17, 15) is 18.8 Å². The smallest absolute Gasteiger partial charge is 0.338 e. The van der Waals surface area contributed by atoms with Crippen LogP contribution in [-0.2, 0) is 9.53 Å². The average Bonchev–Trinajstić information content (AvgIpc) is 3.00. The number of hydrogen-bond acceptors (Lipinski definition) is 4. The second-order valence-corrected chi connectivity index (χ2v) is 6.83. The van der Waals surface area contributed by atoms with Crippen molar-refractivity contribution in [2.24, 2.45) is 0 Å². The van der Waals surface area contributed by atoms with Crippen molar-refractivity contribution in [1.29, 1.82) is 0 Å². The van der Waals surface area contributed by atoms with Gasteiger partial charge >= 0.3 is 5.97 Å². The Labute approximate surface area is 173 Å². The molecule has 6 nitrogen and oxygen atoms in total. The Hall–Kier alpha value is -3.74. The van der Waals surface area contributed by atoms with Crippen LogP contribution in [0.5, 0.6) is 0 Å². The molecule has 0 saturated carbocycles. The maximum atomic E-state index is 14.2. The largest absolute Gasteiger partial charge is 0.454 e. The van der Waals surface area contributed by atoms with Crippen molar-refractivity contribution in [3.8, 4) is 5.69 Å². The summed E-state index contributed by atoms with van der Waals surface area (Å²) in [6.45, 7) is 4.44. The van der Waals surface area contributed by atoms with Gasteiger partial charge < -0.3 is 14.6 Å². The Morgan fingerprint density at radius 3 is 2.33 bits per heavy atom. The van der Waals surface area contributed by atoms with Crippen molar-refractivity contribution in [3.63, 3.8) is 0 Å². The number of ketones is 1. The molecule has 0 saturated heterocycles. The monoisotopic (exact) mass is 408 g/mol. The number of carbonyl (C=O) groups excluding carboxylic acids is 3. The molecule has 1 N–H and O–H groups in total. The molecular weight excluding hydrogens is 387 g/mol. The van der Waals surface area contributed by atoms with Gasteiger partial charge in [0.1, 0.15) is 5.82 Å². The number of amides is 1. The molecular formula is C23H21FN2O4. The number of halogens is 1. The number of rotatable bonds is 6. The number of nitrogens with zero attached hydrogens (tertiary/aromatic N) is 1. The molecule has 0 spiro atoms. The molecule has 0 bridgehead atoms. The first-order chi connectivity index (χ1) is 14.3. The van der Waals surface area contributed by atoms with Gasteiger partial charge in [0.05, 0.1) is 11.3 Å². The molecule has 3 rings (SSSR count). The number of Topliss-reactive ketones (excluding diaryl/α,β-unsaturated/α-hetero) is 1. The number of carbonyl (C=O) groups is 3. The van der Waals surface area contributed by atoms with Gasteiger partial charge in [0.15, 0.2) is 6.61 Å². The Morgan fingerprint density at radius 1 is 1.03 bits per heavy atom. The van der Waals surface area contributed by atoms with Crippen LogP contribution in [0.4, 0.5) is 10.1 Å². The number of para-hydroxylation sites is 1. The van der Waals surface area contributed by atoms with Crippen LogP contribution in [0.1, 0.15) is 39.0 Å². The fourth-order valence-corrected chi connectivity index (χ4v) is 3.23. The van der Waals surface area contributed by atoms with E-state index in [-0.39, 0.29) is 17.3 Å². The van der Waals surface area contributed by atoms with Gasteiger partial charge in [0, 0.05) is 29.6 Å². The summed E-state index contributed by atoms with van der Waals surface area (Å²) in [5, 5.41) is 2.60. The molecule has 3 aromatic rings. The van der Waals surface area contributed by atoms with Gasteiger partial charge in [0.2, 0.25) is 11.7 Å². The highest BCUT2D eigenvalue weighted by Crippen LogP contribution is 2.23. The summed E-state index contributed by atoms with van der Waals surface area (Å²) in [5.74, 6) is -1.65. The van der Waals surface area contributed by atoms with E-state index < -0.39 is 18.4 Å². The molecule has 30 heavy (non-hydrogen) atoms. The highest BCUT2D eigenvalue weighted by atomic mass is 19.1. The fourth-order valence-electron chi connectivity index (χ4n) is 3.23. The Morgan fingerprint density at radius 2 is 1.70 bits per heavy atom. The number of anilines is 1. The summed E-state index contributed by atoms with van der Waals surface area (Å²) in [5.41, 5.74) is 2.79. The van der Waals surface area contributed by atoms with Gasteiger partial charge in [-0.05, 0) is 56.3 Å². The van der Waals surface area contributed by atoms with Gasteiger partial charge in [0.25, 0.3) is 0 Å². The Kier molecular flexibility index (Phi) is 6.11. The maximum absolute atomic E-state index is 14.2. The van der Waals surface area contributed by atoms with Crippen molar-refractivity contribution in [2.45, 2.75) is 20.8 Å². The second kappa shape index (κ2) is 8.73. The van der Waals surface area contributed by atoms with Crippen molar-refractivity contribution >= 4 is 23.3 Å². The lowest BCUT2D eigenvalue weighted by molar-refractivity contribution is -0.114. The third-order valence-corrected chi connectivity index (χ3v) is 4.60. The first-order valence-corrected chi connectivity index (χ1v) is 9.29. The van der Waals surface area contributed by atoms with Crippen LogP contribution in [0, 0.1) is 19.7 Å². The van der Waals surface area contributed by atoms with E-state index in [1.54, 1.807) is 54.8 Å². The standard InChI is InChI=1S/C23H21FN2O4/c1-14-12-19(15(2)26(14)21-7-5-4-6-20(21)24)22(28)13-30-23(29)17-8-10-18(11-9-17)25-16(3)27/h4-12H,13H2,1-3H3,(H,25,27). The van der Waals surface area contributed by atoms with Crippen molar-refractivity contribution in [3.05, 3.63) is 82.9 Å². The summed E-state index contributed by atoms with van der Waals surface area (Å²) in [6.07, 6.45) is 0. The Balaban J connectivity index is 1.71. The molecule has 7 heteroatoms. The number of ether oxygens (including phenoxy) is 1. The highest BCUT2D eigenvalue weighted by molar-refractivity contribution is 6.00. The summed E-state index contributed by atoms with van der Waals surface area (Å²) in [4.78, 5) is 35.9. The summed E-state index contributed by atoms with van der Waals surface area (Å²) in [6, 6.07) is 14.1. The summed E-state index contributed by atoms with van der Waals surface area (Å²) < 4.78 is 21.0. The van der Waals surface area contributed by atoms with E-state index in [1.807, 2.05) is 0 Å². The van der Waals surface area contributed by atoms with Crippen LogP contribution in [-0.4, -0.2) is 28.8 Å². The first-order valence-electron chi connectivity index (χ1n) is 9.29. The predicted octanol–water partition coefficient (Wildman–Crippen LogP) is 4.23. The van der Waals surface area contributed by atoms with Crippen LogP contribution >= 0.6 is 0 Å². The quantitative estimate of drug-likeness (QED) is 0.489. The minimum atomic E-state index is -0.652. The SMILES string of the molecule is CC(=O)Nc1ccc(C(=O)OCC(=O)c2cc(C)n(-c3ccccc3F)c2C)cc1. The molecule has 0 aliphatic rings. The average molecular weight is 408 g/mol. The van der Waals surface area contributed by atoms with Crippen molar-refractivity contribution in [1.82, 2.24) is 4.57 Å². The molecule has 0 radical (unpaired) electrons. The lowest BCUT2D eigenvalue weighted by atomic mass is 10.1. The van der Waals surface area contributed by atoms with E-state index in [4.69, 9.17) is 4.74 Å². The molecule has 1 amide bonds. The Bertz CT molecular complexity index is 1120. The normalized spacial score (nSPS) is 10.5. The summed E-state index contributed by atoms with van der Waals surface area (Å²) in [7, 11) is 0.